The molecule has 0 aliphatic rings. The van der Waals surface area contributed by atoms with Gasteiger partial charge in [0.25, 0.3) is 0 Å². The van der Waals surface area contributed by atoms with Crippen molar-refractivity contribution in [1.29, 1.82) is 0 Å². The fourth-order valence-corrected chi connectivity index (χ4v) is 2.23. The molecule has 0 saturated carbocycles. The third-order valence-corrected chi connectivity index (χ3v) is 3.46. The van der Waals surface area contributed by atoms with E-state index in [0.717, 1.165) is 5.56 Å². The molecule has 0 spiro atoms. The molecule has 5 N–H and O–H groups in total. The summed E-state index contributed by atoms with van der Waals surface area (Å²) in [6.07, 6.45) is 0. The summed E-state index contributed by atoms with van der Waals surface area (Å²) >= 11 is 0. The third kappa shape index (κ3) is 2.98. The lowest BCUT2D eigenvalue weighted by Gasteiger charge is -2.19. The summed E-state index contributed by atoms with van der Waals surface area (Å²) < 4.78 is 13.4. The van der Waals surface area contributed by atoms with Gasteiger partial charge in [-0.2, -0.15) is 0 Å². The zero-order valence-corrected chi connectivity index (χ0v) is 11.7. The quantitative estimate of drug-likeness (QED) is 0.455. The van der Waals surface area contributed by atoms with Gasteiger partial charge in [0.2, 0.25) is 0 Å². The topological polar surface area (TPSA) is 64.1 Å². The number of halogens is 1. The lowest BCUT2D eigenvalue weighted by molar-refractivity contribution is 0.606. The summed E-state index contributed by atoms with van der Waals surface area (Å²) in [5.41, 5.74) is 12.0. The molecule has 0 saturated heterocycles. The number of hydrogen-bond donors (Lipinski definition) is 3. The number of anilines is 1. The number of hydrazine groups is 1. The van der Waals surface area contributed by atoms with Crippen molar-refractivity contribution in [3.63, 3.8) is 0 Å². The Morgan fingerprint density at radius 2 is 1.60 bits per heavy atom. The van der Waals surface area contributed by atoms with Crippen LogP contribution in [0.3, 0.4) is 0 Å². The van der Waals surface area contributed by atoms with Crippen LogP contribution in [0.5, 0.6) is 0 Å². The van der Waals surface area contributed by atoms with Gasteiger partial charge in [-0.25, -0.2) is 9.82 Å². The van der Waals surface area contributed by atoms with E-state index in [4.69, 9.17) is 11.6 Å². The maximum absolute atomic E-state index is 13.4. The van der Waals surface area contributed by atoms with Crippen molar-refractivity contribution in [1.82, 2.24) is 5.43 Å². The van der Waals surface area contributed by atoms with Crippen molar-refractivity contribution >= 4 is 5.69 Å². The summed E-state index contributed by atoms with van der Waals surface area (Å²) in [6, 6.07) is 12.1. The fraction of sp³-hybridized carbons (Fsp3) is 0.250. The first-order chi connectivity index (χ1) is 9.52. The molecular formula is C16H20FN3. The van der Waals surface area contributed by atoms with Crippen LogP contribution in [0.1, 0.15) is 42.5 Å². The highest BCUT2D eigenvalue weighted by Crippen LogP contribution is 2.28. The van der Waals surface area contributed by atoms with Crippen LogP contribution in [0.25, 0.3) is 0 Å². The summed E-state index contributed by atoms with van der Waals surface area (Å²) in [7, 11) is 0. The average molecular weight is 273 g/mol. The Bertz CT molecular complexity index is 579. The Morgan fingerprint density at radius 3 is 2.15 bits per heavy atom. The maximum atomic E-state index is 13.4. The molecule has 0 aliphatic carbocycles. The number of benzene rings is 2. The molecule has 20 heavy (non-hydrogen) atoms. The molecule has 4 heteroatoms. The number of nitrogens with one attached hydrogen (secondary N) is 1. The van der Waals surface area contributed by atoms with Crippen LogP contribution in [0, 0.1) is 5.82 Å². The van der Waals surface area contributed by atoms with Crippen LogP contribution < -0.4 is 17.0 Å². The molecule has 106 valence electrons. The van der Waals surface area contributed by atoms with Crippen molar-refractivity contribution in [3.05, 3.63) is 65.0 Å². The Hall–Kier alpha value is -1.91. The van der Waals surface area contributed by atoms with Crippen molar-refractivity contribution < 1.29 is 4.39 Å². The van der Waals surface area contributed by atoms with E-state index in [1.165, 1.54) is 17.7 Å². The van der Waals surface area contributed by atoms with Gasteiger partial charge in [-0.05, 0) is 35.2 Å². The lowest BCUT2D eigenvalue weighted by Crippen LogP contribution is -2.29. The molecule has 0 aromatic heterocycles. The van der Waals surface area contributed by atoms with Crippen molar-refractivity contribution in [3.8, 4) is 0 Å². The van der Waals surface area contributed by atoms with Gasteiger partial charge in [0.15, 0.2) is 0 Å². The Kier molecular flexibility index (Phi) is 4.37. The minimum Gasteiger partial charge on any atom is -0.398 e. The van der Waals surface area contributed by atoms with Crippen molar-refractivity contribution in [2.75, 3.05) is 5.73 Å². The number of nitrogens with two attached hydrogens (primary N) is 2. The van der Waals surface area contributed by atoms with Crippen molar-refractivity contribution in [2.24, 2.45) is 5.84 Å². The SMILES string of the molecule is CC(C)c1ccc(C(NN)c2cc(F)ccc2N)cc1. The molecule has 2 aromatic carbocycles. The highest BCUT2D eigenvalue weighted by atomic mass is 19.1. The molecule has 2 rings (SSSR count). The van der Waals surface area contributed by atoms with Gasteiger partial charge in [0.1, 0.15) is 5.82 Å². The highest BCUT2D eigenvalue weighted by molar-refractivity contribution is 5.51. The number of nitrogen functional groups attached to an aromatic ring is 1. The first kappa shape index (κ1) is 14.5. The van der Waals surface area contributed by atoms with Gasteiger partial charge in [0.05, 0.1) is 6.04 Å². The Labute approximate surface area is 118 Å². The van der Waals surface area contributed by atoms with E-state index >= 15 is 0 Å². The second-order valence-corrected chi connectivity index (χ2v) is 5.19. The van der Waals surface area contributed by atoms with Gasteiger partial charge in [-0.3, -0.25) is 5.84 Å². The zero-order valence-electron chi connectivity index (χ0n) is 11.7. The standard InChI is InChI=1S/C16H20FN3/c1-10(2)11-3-5-12(6-4-11)16(20-19)14-9-13(17)7-8-15(14)18/h3-10,16,20H,18-19H2,1-2H3. The van der Waals surface area contributed by atoms with Gasteiger partial charge in [0, 0.05) is 11.3 Å². The molecule has 0 amide bonds. The second-order valence-electron chi connectivity index (χ2n) is 5.19. The molecule has 1 atom stereocenters. The largest absolute Gasteiger partial charge is 0.398 e. The molecule has 0 bridgehead atoms. The zero-order chi connectivity index (χ0) is 14.7. The van der Waals surface area contributed by atoms with E-state index in [1.807, 2.05) is 12.1 Å². The maximum Gasteiger partial charge on any atom is 0.123 e. The van der Waals surface area contributed by atoms with Gasteiger partial charge in [-0.1, -0.05) is 38.1 Å². The predicted octanol–water partition coefficient (Wildman–Crippen LogP) is 3.08. The predicted molar refractivity (Wildman–Crippen MR) is 80.5 cm³/mol. The third-order valence-electron chi connectivity index (χ3n) is 3.46. The molecular weight excluding hydrogens is 253 g/mol. The van der Waals surface area contributed by atoms with E-state index in [0.29, 0.717) is 17.2 Å². The van der Waals surface area contributed by atoms with Crippen LogP contribution >= 0.6 is 0 Å². The van der Waals surface area contributed by atoms with E-state index in [2.05, 4.69) is 31.4 Å². The molecule has 0 aliphatic heterocycles. The molecule has 2 aromatic rings. The Balaban J connectivity index is 2.39. The van der Waals surface area contributed by atoms with Gasteiger partial charge < -0.3 is 5.73 Å². The lowest BCUT2D eigenvalue weighted by atomic mass is 9.95. The van der Waals surface area contributed by atoms with Gasteiger partial charge >= 0.3 is 0 Å². The van der Waals surface area contributed by atoms with Crippen LogP contribution in [0.2, 0.25) is 0 Å². The van der Waals surface area contributed by atoms with Crippen LogP contribution in [-0.2, 0) is 0 Å². The van der Waals surface area contributed by atoms with Gasteiger partial charge in [-0.15, -0.1) is 0 Å². The van der Waals surface area contributed by atoms with Crippen molar-refractivity contribution in [2.45, 2.75) is 25.8 Å². The highest BCUT2D eigenvalue weighted by Gasteiger charge is 2.16. The summed E-state index contributed by atoms with van der Waals surface area (Å²) in [6.45, 7) is 4.27. The molecule has 0 fully saturated rings. The van der Waals surface area contributed by atoms with Crippen LogP contribution in [-0.4, -0.2) is 0 Å². The van der Waals surface area contributed by atoms with E-state index in [-0.39, 0.29) is 11.9 Å². The molecule has 0 heterocycles. The van der Waals surface area contributed by atoms with Crippen LogP contribution in [0.15, 0.2) is 42.5 Å². The summed E-state index contributed by atoms with van der Waals surface area (Å²) in [5.74, 6) is 5.77. The smallest absolute Gasteiger partial charge is 0.123 e. The Morgan fingerprint density at radius 1 is 1.00 bits per heavy atom. The minimum absolute atomic E-state index is 0.326. The molecule has 3 nitrogen and oxygen atoms in total. The number of rotatable bonds is 4. The van der Waals surface area contributed by atoms with E-state index in [9.17, 15) is 4.39 Å². The minimum atomic E-state index is -0.327. The second kappa shape index (κ2) is 6.03. The summed E-state index contributed by atoms with van der Waals surface area (Å²) in [5, 5.41) is 0. The monoisotopic (exact) mass is 273 g/mol. The fourth-order valence-electron chi connectivity index (χ4n) is 2.23. The average Bonchev–Trinajstić information content (AvgIpc) is 2.44. The molecule has 0 radical (unpaired) electrons. The first-order valence-corrected chi connectivity index (χ1v) is 6.64. The normalized spacial score (nSPS) is 12.7. The number of hydrogen-bond acceptors (Lipinski definition) is 3. The van der Waals surface area contributed by atoms with E-state index in [1.54, 1.807) is 6.07 Å². The van der Waals surface area contributed by atoms with Crippen LogP contribution in [0.4, 0.5) is 10.1 Å². The first-order valence-electron chi connectivity index (χ1n) is 6.64. The van der Waals surface area contributed by atoms with E-state index < -0.39 is 0 Å². The molecule has 1 unspecified atom stereocenters. The summed E-state index contributed by atoms with van der Waals surface area (Å²) in [4.78, 5) is 0.